The van der Waals surface area contributed by atoms with E-state index in [-0.39, 0.29) is 16.4 Å². The molecule has 1 saturated heterocycles. The second-order valence-corrected chi connectivity index (χ2v) is 10.5. The van der Waals surface area contributed by atoms with Gasteiger partial charge in [-0.1, -0.05) is 18.2 Å². The van der Waals surface area contributed by atoms with Gasteiger partial charge in [0.15, 0.2) is 5.13 Å². The van der Waals surface area contributed by atoms with E-state index in [1.54, 1.807) is 29.0 Å². The minimum atomic E-state index is -3.72. The number of non-ortho nitro benzene ring substituents is 1. The standard InChI is InChI=1S/C18H16N4O5S3/c23-17(15-6-2-8-21(15)30(26,27)16-7-3-9-28-16)20-18-19-14(11-29-18)12-4-1-5-13(10-12)22(24)25/h1,3-5,7,9-11,15H,2,6,8H2,(H,19,20,23)/t15-/m0/s1. The van der Waals surface area contributed by atoms with Crippen LogP contribution in [-0.2, 0) is 14.8 Å². The monoisotopic (exact) mass is 464 g/mol. The van der Waals surface area contributed by atoms with Crippen LogP contribution >= 0.6 is 22.7 Å². The van der Waals surface area contributed by atoms with Gasteiger partial charge < -0.3 is 5.32 Å². The van der Waals surface area contributed by atoms with E-state index in [1.807, 2.05) is 0 Å². The highest BCUT2D eigenvalue weighted by Gasteiger charge is 2.40. The largest absolute Gasteiger partial charge is 0.301 e. The summed E-state index contributed by atoms with van der Waals surface area (Å²) >= 11 is 2.29. The molecule has 1 atom stereocenters. The average molecular weight is 465 g/mol. The summed E-state index contributed by atoms with van der Waals surface area (Å²) in [5.74, 6) is -0.437. The lowest BCUT2D eigenvalue weighted by molar-refractivity contribution is -0.384. The maximum absolute atomic E-state index is 12.8. The number of carbonyl (C=O) groups is 1. The number of hydrogen-bond acceptors (Lipinski definition) is 8. The number of rotatable bonds is 6. The van der Waals surface area contributed by atoms with Crippen LogP contribution in [0.4, 0.5) is 10.8 Å². The molecule has 2 aromatic heterocycles. The predicted molar refractivity (Wildman–Crippen MR) is 114 cm³/mol. The smallest absolute Gasteiger partial charge is 0.270 e. The molecule has 3 aromatic rings. The second kappa shape index (κ2) is 8.22. The first-order chi connectivity index (χ1) is 14.4. The summed E-state index contributed by atoms with van der Waals surface area (Å²) < 4.78 is 27.1. The van der Waals surface area contributed by atoms with Gasteiger partial charge in [-0.25, -0.2) is 13.4 Å². The van der Waals surface area contributed by atoms with Crippen LogP contribution in [0.25, 0.3) is 11.3 Å². The first kappa shape index (κ1) is 20.6. The van der Waals surface area contributed by atoms with Gasteiger partial charge in [0.1, 0.15) is 10.3 Å². The van der Waals surface area contributed by atoms with Crippen molar-refractivity contribution in [1.82, 2.24) is 9.29 Å². The van der Waals surface area contributed by atoms with E-state index < -0.39 is 26.9 Å². The first-order valence-corrected chi connectivity index (χ1v) is 12.1. The van der Waals surface area contributed by atoms with Crippen molar-refractivity contribution >= 4 is 49.4 Å². The molecule has 1 aromatic carbocycles. The van der Waals surface area contributed by atoms with E-state index >= 15 is 0 Å². The Morgan fingerprint density at radius 1 is 1.27 bits per heavy atom. The summed E-state index contributed by atoms with van der Waals surface area (Å²) in [6, 6.07) is 8.44. The fourth-order valence-corrected chi connectivity index (χ4v) is 6.75. The second-order valence-electron chi connectivity index (χ2n) is 6.54. The van der Waals surface area contributed by atoms with Crippen molar-refractivity contribution in [1.29, 1.82) is 0 Å². The van der Waals surface area contributed by atoms with Crippen LogP contribution in [0.5, 0.6) is 0 Å². The van der Waals surface area contributed by atoms with E-state index in [2.05, 4.69) is 10.3 Å². The molecule has 0 spiro atoms. The molecule has 0 saturated carbocycles. The molecule has 4 rings (SSSR count). The SMILES string of the molecule is O=C(Nc1nc(-c2cccc([N+](=O)[O-])c2)cs1)[C@@H]1CCCN1S(=O)(=O)c1cccs1. The highest BCUT2D eigenvalue weighted by molar-refractivity contribution is 7.91. The molecule has 1 N–H and O–H groups in total. The normalized spacial score (nSPS) is 17.1. The minimum Gasteiger partial charge on any atom is -0.301 e. The molecule has 1 aliphatic heterocycles. The minimum absolute atomic E-state index is 0.0496. The van der Waals surface area contributed by atoms with Crippen LogP contribution in [-0.4, -0.2) is 41.1 Å². The molecule has 30 heavy (non-hydrogen) atoms. The Morgan fingerprint density at radius 2 is 2.10 bits per heavy atom. The van der Waals surface area contributed by atoms with E-state index in [4.69, 9.17) is 0 Å². The molecule has 1 amide bonds. The lowest BCUT2D eigenvalue weighted by Gasteiger charge is -2.22. The fraction of sp³-hybridized carbons (Fsp3) is 0.222. The number of aromatic nitrogens is 1. The number of benzene rings is 1. The van der Waals surface area contributed by atoms with Crippen molar-refractivity contribution < 1.29 is 18.1 Å². The summed E-state index contributed by atoms with van der Waals surface area (Å²) in [6.07, 6.45) is 1.03. The maximum Gasteiger partial charge on any atom is 0.270 e. The summed E-state index contributed by atoms with van der Waals surface area (Å²) in [4.78, 5) is 27.6. The van der Waals surface area contributed by atoms with Crippen LogP contribution in [0.15, 0.2) is 51.4 Å². The zero-order chi connectivity index (χ0) is 21.3. The molecule has 1 fully saturated rings. The maximum atomic E-state index is 12.8. The number of amides is 1. The van der Waals surface area contributed by atoms with Gasteiger partial charge in [-0.15, -0.1) is 22.7 Å². The van der Waals surface area contributed by atoms with Gasteiger partial charge in [0.05, 0.1) is 10.6 Å². The Bertz CT molecular complexity index is 1190. The zero-order valence-corrected chi connectivity index (χ0v) is 17.9. The number of carbonyl (C=O) groups excluding carboxylic acids is 1. The third-order valence-electron chi connectivity index (χ3n) is 4.65. The molecular weight excluding hydrogens is 448 g/mol. The summed E-state index contributed by atoms with van der Waals surface area (Å²) in [5, 5.41) is 17.3. The van der Waals surface area contributed by atoms with Gasteiger partial charge in [0.25, 0.3) is 15.7 Å². The molecule has 1 aliphatic rings. The molecular formula is C18H16N4O5S3. The molecule has 0 radical (unpaired) electrons. The Morgan fingerprint density at radius 3 is 2.83 bits per heavy atom. The van der Waals surface area contributed by atoms with E-state index in [0.717, 1.165) is 11.3 Å². The van der Waals surface area contributed by atoms with Gasteiger partial charge in [-0.2, -0.15) is 4.31 Å². The van der Waals surface area contributed by atoms with Gasteiger partial charge in [0.2, 0.25) is 5.91 Å². The number of nitro groups is 1. The van der Waals surface area contributed by atoms with E-state index in [1.165, 1.54) is 33.8 Å². The number of thiazole rings is 1. The average Bonchev–Trinajstić information content (AvgIpc) is 3.49. The van der Waals surface area contributed by atoms with Crippen molar-refractivity contribution in [3.05, 3.63) is 57.3 Å². The Hall–Kier alpha value is -2.67. The molecule has 156 valence electrons. The van der Waals surface area contributed by atoms with Gasteiger partial charge in [0, 0.05) is 29.6 Å². The van der Waals surface area contributed by atoms with Crippen LogP contribution in [0.1, 0.15) is 12.8 Å². The topological polar surface area (TPSA) is 123 Å². The number of thiophene rings is 1. The Labute approximate surface area is 180 Å². The van der Waals surface area contributed by atoms with Crippen molar-refractivity contribution in [2.45, 2.75) is 23.1 Å². The molecule has 3 heterocycles. The van der Waals surface area contributed by atoms with Gasteiger partial charge in [-0.05, 0) is 24.3 Å². The van der Waals surface area contributed by atoms with Crippen molar-refractivity contribution in [3.63, 3.8) is 0 Å². The first-order valence-electron chi connectivity index (χ1n) is 8.93. The third-order valence-corrected chi connectivity index (χ3v) is 8.69. The van der Waals surface area contributed by atoms with Crippen LogP contribution in [0.2, 0.25) is 0 Å². The molecule has 0 unspecified atom stereocenters. The summed E-state index contributed by atoms with van der Waals surface area (Å²) in [6.45, 7) is 0.287. The van der Waals surface area contributed by atoms with E-state index in [0.29, 0.717) is 29.2 Å². The summed E-state index contributed by atoms with van der Waals surface area (Å²) in [7, 11) is -3.72. The van der Waals surface area contributed by atoms with Crippen LogP contribution in [0.3, 0.4) is 0 Å². The van der Waals surface area contributed by atoms with Gasteiger partial charge in [-0.3, -0.25) is 14.9 Å². The number of nitro benzene ring substituents is 1. The number of nitrogens with zero attached hydrogens (tertiary/aromatic N) is 3. The molecule has 12 heteroatoms. The Balaban J connectivity index is 1.51. The highest BCUT2D eigenvalue weighted by Crippen LogP contribution is 2.31. The van der Waals surface area contributed by atoms with Crippen molar-refractivity contribution in [3.8, 4) is 11.3 Å². The fourth-order valence-electron chi connectivity index (χ4n) is 3.25. The van der Waals surface area contributed by atoms with E-state index in [9.17, 15) is 23.3 Å². The molecule has 0 bridgehead atoms. The zero-order valence-electron chi connectivity index (χ0n) is 15.4. The predicted octanol–water partition coefficient (Wildman–Crippen LogP) is 3.57. The van der Waals surface area contributed by atoms with Crippen molar-refractivity contribution in [2.24, 2.45) is 0 Å². The quantitative estimate of drug-likeness (QED) is 0.439. The number of hydrogen-bond donors (Lipinski definition) is 1. The Kier molecular flexibility index (Phi) is 5.64. The van der Waals surface area contributed by atoms with Crippen LogP contribution < -0.4 is 5.32 Å². The highest BCUT2D eigenvalue weighted by atomic mass is 32.2. The van der Waals surface area contributed by atoms with Crippen molar-refractivity contribution in [2.75, 3.05) is 11.9 Å². The number of anilines is 1. The van der Waals surface area contributed by atoms with Crippen LogP contribution in [0, 0.1) is 10.1 Å². The number of sulfonamides is 1. The number of nitrogens with one attached hydrogen (secondary N) is 1. The lowest BCUT2D eigenvalue weighted by Crippen LogP contribution is -2.42. The molecule has 9 nitrogen and oxygen atoms in total. The third kappa shape index (κ3) is 3.99. The lowest BCUT2D eigenvalue weighted by atomic mass is 10.1. The summed E-state index contributed by atoms with van der Waals surface area (Å²) in [5.41, 5.74) is 1.00. The molecule has 0 aliphatic carbocycles. The van der Waals surface area contributed by atoms with Gasteiger partial charge >= 0.3 is 0 Å².